The van der Waals surface area contributed by atoms with Gasteiger partial charge in [-0.3, -0.25) is 25.0 Å². The van der Waals surface area contributed by atoms with Crippen LogP contribution in [-0.2, 0) is 20.8 Å². The summed E-state index contributed by atoms with van der Waals surface area (Å²) in [6, 6.07) is 15.8. The van der Waals surface area contributed by atoms with Gasteiger partial charge in [-0.25, -0.2) is 0 Å². The molecule has 4 unspecified atom stereocenters. The topological polar surface area (TPSA) is 105 Å². The molecular formula is C23H24N2O5. The normalized spacial score (nSPS) is 27.6. The van der Waals surface area contributed by atoms with Gasteiger partial charge in [-0.15, -0.1) is 0 Å². The van der Waals surface area contributed by atoms with E-state index < -0.39 is 41.2 Å². The van der Waals surface area contributed by atoms with Crippen molar-refractivity contribution >= 4 is 17.8 Å². The van der Waals surface area contributed by atoms with Crippen LogP contribution in [0.15, 0.2) is 54.6 Å². The Labute approximate surface area is 174 Å². The van der Waals surface area contributed by atoms with Gasteiger partial charge in [-0.05, 0) is 29.7 Å². The lowest BCUT2D eigenvalue weighted by atomic mass is 9.76. The van der Waals surface area contributed by atoms with E-state index >= 15 is 0 Å². The number of ether oxygens (including phenoxy) is 1. The summed E-state index contributed by atoms with van der Waals surface area (Å²) in [5.41, 5.74) is -0.0539. The zero-order valence-electron chi connectivity index (χ0n) is 16.6. The van der Waals surface area contributed by atoms with E-state index in [0.717, 1.165) is 17.5 Å². The predicted octanol–water partition coefficient (Wildman–Crippen LogP) is 2.07. The fourth-order valence-corrected chi connectivity index (χ4v) is 4.56. The summed E-state index contributed by atoms with van der Waals surface area (Å²) >= 11 is 0. The third kappa shape index (κ3) is 3.35. The highest BCUT2D eigenvalue weighted by Crippen LogP contribution is 2.47. The van der Waals surface area contributed by atoms with Gasteiger partial charge >= 0.3 is 5.97 Å². The highest BCUT2D eigenvalue weighted by atomic mass is 16.5. The molecule has 2 saturated heterocycles. The van der Waals surface area contributed by atoms with E-state index in [2.05, 4.69) is 10.6 Å². The number of fused-ring (bicyclic) bond motifs is 1. The van der Waals surface area contributed by atoms with E-state index in [0.29, 0.717) is 12.4 Å². The molecule has 30 heavy (non-hydrogen) atoms. The van der Waals surface area contributed by atoms with Crippen LogP contribution >= 0.6 is 0 Å². The second-order valence-electron chi connectivity index (χ2n) is 7.84. The summed E-state index contributed by atoms with van der Waals surface area (Å²) in [5, 5.41) is 15.7. The molecule has 0 saturated carbocycles. The van der Waals surface area contributed by atoms with Crippen molar-refractivity contribution in [3.8, 4) is 5.75 Å². The smallest absolute Gasteiger partial charge is 0.325 e. The lowest BCUT2D eigenvalue weighted by Crippen LogP contribution is -2.57. The number of amides is 2. The lowest BCUT2D eigenvalue weighted by molar-refractivity contribution is -0.149. The molecule has 2 aliphatic heterocycles. The summed E-state index contributed by atoms with van der Waals surface area (Å²) < 4.78 is 5.61. The van der Waals surface area contributed by atoms with Crippen molar-refractivity contribution < 1.29 is 24.2 Å². The summed E-state index contributed by atoms with van der Waals surface area (Å²) in [5.74, 6) is -3.21. The minimum atomic E-state index is -1.58. The maximum Gasteiger partial charge on any atom is 0.325 e. The predicted molar refractivity (Wildman–Crippen MR) is 109 cm³/mol. The van der Waals surface area contributed by atoms with Crippen molar-refractivity contribution in [3.05, 3.63) is 65.7 Å². The van der Waals surface area contributed by atoms with Gasteiger partial charge in [0.05, 0.1) is 18.4 Å². The average Bonchev–Trinajstić information content (AvgIpc) is 3.24. The first-order valence-corrected chi connectivity index (χ1v) is 10.1. The summed E-state index contributed by atoms with van der Waals surface area (Å²) in [6.07, 6.45) is 0.984. The molecule has 2 fully saturated rings. The van der Waals surface area contributed by atoms with Crippen molar-refractivity contribution in [1.29, 1.82) is 0 Å². The van der Waals surface area contributed by atoms with Gasteiger partial charge in [0.15, 0.2) is 0 Å². The van der Waals surface area contributed by atoms with Crippen molar-refractivity contribution in [1.82, 2.24) is 10.6 Å². The summed E-state index contributed by atoms with van der Waals surface area (Å²) in [7, 11) is 0. The molecule has 2 aliphatic rings. The molecule has 3 N–H and O–H groups in total. The minimum absolute atomic E-state index is 0.0965. The van der Waals surface area contributed by atoms with Crippen LogP contribution in [0.4, 0.5) is 0 Å². The Morgan fingerprint density at radius 3 is 2.40 bits per heavy atom. The number of carbonyl (C=O) groups is 3. The molecule has 4 atom stereocenters. The molecule has 7 heteroatoms. The molecule has 4 rings (SSSR count). The number of imide groups is 1. The zero-order chi connectivity index (χ0) is 21.3. The maximum absolute atomic E-state index is 12.7. The largest absolute Gasteiger partial charge is 0.494 e. The van der Waals surface area contributed by atoms with Gasteiger partial charge in [0.1, 0.15) is 11.3 Å². The van der Waals surface area contributed by atoms with Gasteiger partial charge in [-0.1, -0.05) is 49.4 Å². The second-order valence-corrected chi connectivity index (χ2v) is 7.84. The van der Waals surface area contributed by atoms with Gasteiger partial charge in [0.2, 0.25) is 11.8 Å². The molecule has 0 radical (unpaired) electrons. The van der Waals surface area contributed by atoms with Gasteiger partial charge < -0.3 is 9.84 Å². The van der Waals surface area contributed by atoms with Gasteiger partial charge in [0.25, 0.3) is 0 Å². The number of nitrogens with one attached hydrogen (secondary N) is 2. The standard InChI is InChI=1S/C23H24N2O5/c1-2-12-30-16-10-8-15(9-11-16)19-17-18(21(27)24-20(17)26)23(25-19,22(28)29)13-14-6-4-3-5-7-14/h3-11,17-19,25H,2,12-13H2,1H3,(H,28,29)(H,24,26,27). The number of hydrogen-bond donors (Lipinski definition) is 3. The number of aliphatic carboxylic acids is 1. The first-order valence-electron chi connectivity index (χ1n) is 10.1. The van der Waals surface area contributed by atoms with Crippen LogP contribution in [0.5, 0.6) is 5.75 Å². The van der Waals surface area contributed by atoms with Crippen molar-refractivity contribution in [2.75, 3.05) is 6.61 Å². The van der Waals surface area contributed by atoms with Crippen LogP contribution in [0, 0.1) is 11.8 Å². The van der Waals surface area contributed by atoms with Crippen LogP contribution < -0.4 is 15.4 Å². The lowest BCUT2D eigenvalue weighted by Gasteiger charge is -2.30. The number of benzene rings is 2. The fraction of sp³-hybridized carbons (Fsp3) is 0.348. The van der Waals surface area contributed by atoms with Crippen molar-refractivity contribution in [3.63, 3.8) is 0 Å². The third-order valence-electron chi connectivity index (χ3n) is 5.91. The van der Waals surface area contributed by atoms with Gasteiger partial charge in [-0.2, -0.15) is 0 Å². The number of hydrogen-bond acceptors (Lipinski definition) is 5. The molecule has 2 heterocycles. The van der Waals surface area contributed by atoms with Gasteiger partial charge in [0, 0.05) is 12.5 Å². The van der Waals surface area contributed by atoms with Crippen LogP contribution in [0.25, 0.3) is 0 Å². The summed E-state index contributed by atoms with van der Waals surface area (Å²) in [4.78, 5) is 37.8. The van der Waals surface area contributed by atoms with E-state index in [-0.39, 0.29) is 6.42 Å². The Kier molecular flexibility index (Phi) is 5.30. The SMILES string of the molecule is CCCOc1ccc(C2NC(Cc3ccccc3)(C(=O)O)C3C(=O)NC(=O)C23)cc1. The first kappa shape index (κ1) is 20.1. The molecule has 2 aromatic carbocycles. The number of carboxylic acids is 1. The van der Waals surface area contributed by atoms with Crippen LogP contribution in [0.3, 0.4) is 0 Å². The highest BCUT2D eigenvalue weighted by Gasteiger charge is 2.66. The molecule has 7 nitrogen and oxygen atoms in total. The number of carboxylic acid groups (broad SMARTS) is 1. The summed E-state index contributed by atoms with van der Waals surface area (Å²) in [6.45, 7) is 2.62. The minimum Gasteiger partial charge on any atom is -0.494 e. The average molecular weight is 408 g/mol. The second kappa shape index (κ2) is 7.91. The monoisotopic (exact) mass is 408 g/mol. The molecule has 0 aromatic heterocycles. The molecule has 156 valence electrons. The van der Waals surface area contributed by atoms with Crippen LogP contribution in [0.1, 0.15) is 30.5 Å². The third-order valence-corrected chi connectivity index (χ3v) is 5.91. The zero-order valence-corrected chi connectivity index (χ0v) is 16.6. The maximum atomic E-state index is 12.7. The Hall–Kier alpha value is -3.19. The Morgan fingerprint density at radius 2 is 1.77 bits per heavy atom. The quantitative estimate of drug-likeness (QED) is 0.606. The van der Waals surface area contributed by atoms with E-state index in [1.807, 2.05) is 49.4 Å². The Bertz CT molecular complexity index is 959. The van der Waals surface area contributed by atoms with E-state index in [4.69, 9.17) is 4.74 Å². The van der Waals surface area contributed by atoms with E-state index in [1.165, 1.54) is 0 Å². The molecule has 2 aromatic rings. The first-order chi connectivity index (χ1) is 14.5. The van der Waals surface area contributed by atoms with E-state index in [1.54, 1.807) is 12.1 Å². The molecule has 0 aliphatic carbocycles. The van der Waals surface area contributed by atoms with Crippen molar-refractivity contribution in [2.24, 2.45) is 11.8 Å². The fourth-order valence-electron chi connectivity index (χ4n) is 4.56. The molecule has 0 spiro atoms. The molecule has 2 amide bonds. The molecular weight excluding hydrogens is 384 g/mol. The highest BCUT2D eigenvalue weighted by molar-refractivity contribution is 6.09. The van der Waals surface area contributed by atoms with Crippen LogP contribution in [-0.4, -0.2) is 35.0 Å². The number of carbonyl (C=O) groups excluding carboxylic acids is 2. The molecule has 0 bridgehead atoms. The van der Waals surface area contributed by atoms with Crippen LogP contribution in [0.2, 0.25) is 0 Å². The Balaban J connectivity index is 1.71. The van der Waals surface area contributed by atoms with E-state index in [9.17, 15) is 19.5 Å². The Morgan fingerprint density at radius 1 is 1.07 bits per heavy atom. The van der Waals surface area contributed by atoms with Crippen molar-refractivity contribution in [2.45, 2.75) is 31.3 Å². The number of rotatable bonds is 7.